The van der Waals surface area contributed by atoms with Gasteiger partial charge in [-0.2, -0.15) is 0 Å². The lowest BCUT2D eigenvalue weighted by atomic mass is 9.84. The van der Waals surface area contributed by atoms with Crippen LogP contribution in [0.1, 0.15) is 38.5 Å². The van der Waals surface area contributed by atoms with Gasteiger partial charge in [-0.15, -0.1) is 0 Å². The van der Waals surface area contributed by atoms with Crippen molar-refractivity contribution >= 4 is 11.9 Å². The van der Waals surface area contributed by atoms with Crippen LogP contribution in [0.15, 0.2) is 30.0 Å². The van der Waals surface area contributed by atoms with Gasteiger partial charge in [0.05, 0.1) is 13.7 Å². The van der Waals surface area contributed by atoms with Crippen molar-refractivity contribution in [3.63, 3.8) is 0 Å². The van der Waals surface area contributed by atoms with Gasteiger partial charge in [-0.05, 0) is 24.5 Å². The molecule has 1 atom stereocenters. The van der Waals surface area contributed by atoms with E-state index < -0.39 is 35.3 Å². The van der Waals surface area contributed by atoms with Crippen LogP contribution in [0.5, 0.6) is 5.75 Å². The Morgan fingerprint density at radius 1 is 1.22 bits per heavy atom. The molecule has 1 aliphatic heterocycles. The van der Waals surface area contributed by atoms with E-state index in [0.29, 0.717) is 12.3 Å². The largest absolute Gasteiger partial charge is 0.467 e. The minimum Gasteiger partial charge on any atom is -0.467 e. The third kappa shape index (κ3) is 4.46. The van der Waals surface area contributed by atoms with Gasteiger partial charge in [0.1, 0.15) is 11.8 Å². The molecule has 146 valence electrons. The summed E-state index contributed by atoms with van der Waals surface area (Å²) in [5.74, 6) is -2.72. The zero-order chi connectivity index (χ0) is 19.4. The number of halogens is 2. The Hall–Kier alpha value is -2.44. The fourth-order valence-corrected chi connectivity index (χ4v) is 3.77. The van der Waals surface area contributed by atoms with Gasteiger partial charge in [0.25, 0.3) is 5.91 Å². The minimum atomic E-state index is -0.853. The highest BCUT2D eigenvalue weighted by Gasteiger charge is 2.37. The van der Waals surface area contributed by atoms with Crippen LogP contribution in [-0.2, 0) is 14.3 Å². The molecule has 0 unspecified atom stereocenters. The minimum absolute atomic E-state index is 0.0287. The summed E-state index contributed by atoms with van der Waals surface area (Å²) < 4.78 is 37.7. The number of benzene rings is 1. The van der Waals surface area contributed by atoms with E-state index in [2.05, 4.69) is 0 Å². The molecule has 7 heteroatoms. The summed E-state index contributed by atoms with van der Waals surface area (Å²) in [6.45, 7) is -0.0287. The van der Waals surface area contributed by atoms with Gasteiger partial charge in [-0.3, -0.25) is 4.79 Å². The maximum Gasteiger partial charge on any atom is 0.328 e. The molecule has 0 radical (unpaired) electrons. The first-order valence-electron chi connectivity index (χ1n) is 9.20. The SMILES string of the molecule is COC(=O)[C@H](CC1CCCCC1)N1CC(Oc2c(F)cccc2F)=CC1=O. The first kappa shape index (κ1) is 19.3. The lowest BCUT2D eigenvalue weighted by molar-refractivity contribution is -0.151. The Morgan fingerprint density at radius 2 is 1.89 bits per heavy atom. The quantitative estimate of drug-likeness (QED) is 0.709. The van der Waals surface area contributed by atoms with Crippen LogP contribution in [0.2, 0.25) is 0 Å². The third-order valence-electron chi connectivity index (χ3n) is 5.18. The summed E-state index contributed by atoms with van der Waals surface area (Å²) in [7, 11) is 1.29. The summed E-state index contributed by atoms with van der Waals surface area (Å²) in [6, 6.07) is 2.66. The van der Waals surface area contributed by atoms with Gasteiger partial charge >= 0.3 is 5.97 Å². The number of para-hydroxylation sites is 1. The van der Waals surface area contributed by atoms with Crippen LogP contribution >= 0.6 is 0 Å². The first-order chi connectivity index (χ1) is 13.0. The normalized spacial score (nSPS) is 19.0. The molecule has 1 amide bonds. The predicted molar refractivity (Wildman–Crippen MR) is 93.8 cm³/mol. The summed E-state index contributed by atoms with van der Waals surface area (Å²) in [5.41, 5.74) is 0. The molecular weight excluding hydrogens is 356 g/mol. The lowest BCUT2D eigenvalue weighted by Crippen LogP contribution is -2.44. The van der Waals surface area contributed by atoms with E-state index in [0.717, 1.165) is 37.8 Å². The van der Waals surface area contributed by atoms with Gasteiger partial charge in [-0.1, -0.05) is 38.2 Å². The van der Waals surface area contributed by atoms with Gasteiger partial charge < -0.3 is 14.4 Å². The molecule has 1 heterocycles. The van der Waals surface area contributed by atoms with Crippen molar-refractivity contribution in [2.45, 2.75) is 44.6 Å². The average molecular weight is 379 g/mol. The first-order valence-corrected chi connectivity index (χ1v) is 9.20. The standard InChI is InChI=1S/C20H23F2NO4/c1-26-20(25)17(10-13-6-3-2-4-7-13)23-12-14(11-18(23)24)27-19-15(21)8-5-9-16(19)22/h5,8-9,11,13,17H,2-4,6-7,10,12H2,1H3/t17-/m0/s1. The number of hydrogen-bond donors (Lipinski definition) is 0. The number of carbonyl (C=O) groups excluding carboxylic acids is 2. The van der Waals surface area contributed by atoms with E-state index in [1.807, 2.05) is 0 Å². The van der Waals surface area contributed by atoms with Crippen molar-refractivity contribution in [3.8, 4) is 5.75 Å². The van der Waals surface area contributed by atoms with Crippen LogP contribution < -0.4 is 4.74 Å². The predicted octanol–water partition coefficient (Wildman–Crippen LogP) is 3.58. The van der Waals surface area contributed by atoms with E-state index >= 15 is 0 Å². The third-order valence-corrected chi connectivity index (χ3v) is 5.18. The molecule has 27 heavy (non-hydrogen) atoms. The monoisotopic (exact) mass is 379 g/mol. The van der Waals surface area contributed by atoms with E-state index in [1.54, 1.807) is 0 Å². The maximum absolute atomic E-state index is 13.8. The van der Waals surface area contributed by atoms with Crippen molar-refractivity contribution in [2.24, 2.45) is 5.92 Å². The number of nitrogens with zero attached hydrogens (tertiary/aromatic N) is 1. The van der Waals surface area contributed by atoms with Crippen LogP contribution in [0.25, 0.3) is 0 Å². The highest BCUT2D eigenvalue weighted by Crippen LogP contribution is 2.31. The molecule has 1 aromatic carbocycles. The van der Waals surface area contributed by atoms with Crippen molar-refractivity contribution in [2.75, 3.05) is 13.7 Å². The molecule has 3 rings (SSSR count). The van der Waals surface area contributed by atoms with Crippen LogP contribution in [0.3, 0.4) is 0 Å². The molecule has 2 aliphatic rings. The number of hydrogen-bond acceptors (Lipinski definition) is 4. The highest BCUT2D eigenvalue weighted by atomic mass is 19.1. The zero-order valence-electron chi connectivity index (χ0n) is 15.2. The Balaban J connectivity index is 1.72. The van der Waals surface area contributed by atoms with Crippen molar-refractivity contribution in [3.05, 3.63) is 41.7 Å². The smallest absolute Gasteiger partial charge is 0.328 e. The number of carbonyl (C=O) groups is 2. The Kier molecular flexibility index (Phi) is 6.08. The summed E-state index contributed by atoms with van der Waals surface area (Å²) in [5, 5.41) is 0. The Bertz CT molecular complexity index is 723. The summed E-state index contributed by atoms with van der Waals surface area (Å²) >= 11 is 0. The van der Waals surface area contributed by atoms with Crippen LogP contribution in [0, 0.1) is 17.6 Å². The maximum atomic E-state index is 13.8. The second-order valence-electron chi connectivity index (χ2n) is 7.01. The molecule has 0 aromatic heterocycles. The number of methoxy groups -OCH3 is 1. The number of rotatable bonds is 6. The van der Waals surface area contributed by atoms with E-state index in [4.69, 9.17) is 9.47 Å². The van der Waals surface area contributed by atoms with E-state index in [1.165, 1.54) is 30.6 Å². The van der Waals surface area contributed by atoms with Gasteiger partial charge in [0, 0.05) is 6.08 Å². The lowest BCUT2D eigenvalue weighted by Gasteiger charge is -2.30. The van der Waals surface area contributed by atoms with E-state index in [9.17, 15) is 18.4 Å². The van der Waals surface area contributed by atoms with Crippen molar-refractivity contribution < 1.29 is 27.8 Å². The second-order valence-corrected chi connectivity index (χ2v) is 7.01. The van der Waals surface area contributed by atoms with Crippen LogP contribution in [0.4, 0.5) is 8.78 Å². The molecule has 0 bridgehead atoms. The summed E-state index contributed by atoms with van der Waals surface area (Å²) in [6.07, 6.45) is 7.16. The molecular formula is C20H23F2NO4. The fourth-order valence-electron chi connectivity index (χ4n) is 3.77. The Morgan fingerprint density at radius 3 is 2.52 bits per heavy atom. The van der Waals surface area contributed by atoms with Gasteiger partial charge in [-0.25, -0.2) is 13.6 Å². The molecule has 1 aliphatic carbocycles. The van der Waals surface area contributed by atoms with Crippen LogP contribution in [-0.4, -0.2) is 36.5 Å². The molecule has 5 nitrogen and oxygen atoms in total. The fraction of sp³-hybridized carbons (Fsp3) is 0.500. The van der Waals surface area contributed by atoms with Crippen molar-refractivity contribution in [1.29, 1.82) is 0 Å². The molecule has 0 saturated heterocycles. The molecule has 1 saturated carbocycles. The zero-order valence-corrected chi connectivity index (χ0v) is 15.2. The molecule has 1 aromatic rings. The topological polar surface area (TPSA) is 55.8 Å². The average Bonchev–Trinajstić information content (AvgIpc) is 3.03. The second kappa shape index (κ2) is 8.50. The molecule has 1 fully saturated rings. The highest BCUT2D eigenvalue weighted by molar-refractivity contribution is 5.94. The number of esters is 1. The number of amides is 1. The Labute approximate surface area is 156 Å². The van der Waals surface area contributed by atoms with E-state index in [-0.39, 0.29) is 12.3 Å². The molecule has 0 spiro atoms. The number of ether oxygens (including phenoxy) is 2. The summed E-state index contributed by atoms with van der Waals surface area (Å²) in [4.78, 5) is 26.1. The van der Waals surface area contributed by atoms with Crippen molar-refractivity contribution in [1.82, 2.24) is 4.90 Å². The van der Waals surface area contributed by atoms with Gasteiger partial charge in [0.15, 0.2) is 17.4 Å². The molecule has 0 N–H and O–H groups in total. The van der Waals surface area contributed by atoms with Gasteiger partial charge in [0.2, 0.25) is 0 Å².